The molecule has 0 bridgehead atoms. The summed E-state index contributed by atoms with van der Waals surface area (Å²) >= 11 is 0. The van der Waals surface area contributed by atoms with Crippen LogP contribution in [0.4, 0.5) is 4.79 Å². The van der Waals surface area contributed by atoms with Gasteiger partial charge in [0.2, 0.25) is 0 Å². The highest BCUT2D eigenvalue weighted by molar-refractivity contribution is 5.95. The molecule has 4 heteroatoms. The van der Waals surface area contributed by atoms with Crippen LogP contribution in [0, 0.1) is 5.92 Å². The van der Waals surface area contributed by atoms with E-state index in [1.165, 1.54) is 0 Å². The molecule has 0 aromatic heterocycles. The smallest absolute Gasteiger partial charge is 0.408 e. The van der Waals surface area contributed by atoms with E-state index in [4.69, 9.17) is 4.74 Å². The number of alkyl carbamates (subject to hydrolysis) is 1. The molecule has 18 heavy (non-hydrogen) atoms. The molecule has 0 saturated heterocycles. The van der Waals surface area contributed by atoms with E-state index in [1.807, 2.05) is 6.92 Å². The summed E-state index contributed by atoms with van der Waals surface area (Å²) in [5, 5.41) is 2.72. The number of rotatable bonds is 5. The summed E-state index contributed by atoms with van der Waals surface area (Å²) in [6.45, 7) is 10.9. The number of Topliss-reactive ketones (excluding diaryl/α,β-unsaturated/α-hetero) is 1. The van der Waals surface area contributed by atoms with E-state index in [0.717, 1.165) is 0 Å². The van der Waals surface area contributed by atoms with Crippen molar-refractivity contribution in [2.24, 2.45) is 5.92 Å². The number of hydrogen-bond acceptors (Lipinski definition) is 3. The van der Waals surface area contributed by atoms with E-state index in [2.05, 4.69) is 11.9 Å². The van der Waals surface area contributed by atoms with Crippen LogP contribution in [-0.4, -0.2) is 23.0 Å². The number of amides is 1. The average Bonchev–Trinajstić information content (AvgIpc) is 2.95. The molecule has 0 aromatic rings. The first-order valence-electron chi connectivity index (χ1n) is 6.36. The van der Waals surface area contributed by atoms with Gasteiger partial charge in [0, 0.05) is 5.92 Å². The van der Waals surface area contributed by atoms with Gasteiger partial charge in [-0.3, -0.25) is 4.79 Å². The molecule has 1 aliphatic rings. The maximum Gasteiger partial charge on any atom is 0.408 e. The maximum absolute atomic E-state index is 12.2. The molecular weight excluding hydrogens is 230 g/mol. The topological polar surface area (TPSA) is 55.4 Å². The van der Waals surface area contributed by atoms with E-state index in [1.54, 1.807) is 26.8 Å². The van der Waals surface area contributed by atoms with Gasteiger partial charge in [-0.15, -0.1) is 6.58 Å². The summed E-state index contributed by atoms with van der Waals surface area (Å²) in [5.41, 5.74) is -1.24. The minimum absolute atomic E-state index is 0.0771. The number of nitrogens with one attached hydrogen (secondary N) is 1. The van der Waals surface area contributed by atoms with Crippen molar-refractivity contribution in [1.29, 1.82) is 0 Å². The Kier molecular flexibility index (Phi) is 4.20. The number of carbonyl (C=O) groups excluding carboxylic acids is 2. The molecule has 0 heterocycles. The van der Waals surface area contributed by atoms with Crippen LogP contribution in [0.15, 0.2) is 12.7 Å². The van der Waals surface area contributed by atoms with E-state index in [-0.39, 0.29) is 11.7 Å². The summed E-state index contributed by atoms with van der Waals surface area (Å²) in [6.07, 6.45) is 3.25. The summed E-state index contributed by atoms with van der Waals surface area (Å²) in [7, 11) is 0. The van der Waals surface area contributed by atoms with E-state index in [0.29, 0.717) is 19.3 Å². The summed E-state index contributed by atoms with van der Waals surface area (Å²) in [5.74, 6) is -0.0341. The molecule has 0 radical (unpaired) electrons. The largest absolute Gasteiger partial charge is 0.444 e. The third-order valence-electron chi connectivity index (χ3n) is 2.93. The number of allylic oxidation sites excluding steroid dienone is 1. The Balaban J connectivity index is 2.58. The predicted octanol–water partition coefficient (Wildman–Crippen LogP) is 2.83. The van der Waals surface area contributed by atoms with E-state index in [9.17, 15) is 9.59 Å². The highest BCUT2D eigenvalue weighted by Gasteiger charge is 2.52. The Hall–Kier alpha value is -1.32. The van der Waals surface area contributed by atoms with Crippen LogP contribution < -0.4 is 5.32 Å². The molecule has 0 aliphatic heterocycles. The van der Waals surface area contributed by atoms with Crippen LogP contribution in [0.5, 0.6) is 0 Å². The second kappa shape index (κ2) is 5.12. The van der Waals surface area contributed by atoms with Crippen molar-refractivity contribution < 1.29 is 14.3 Å². The SMILES string of the molecule is C=CCC(C)C(=O)C1(NC(=O)OC(C)(C)C)CC1. The normalized spacial score (nSPS) is 18.7. The van der Waals surface area contributed by atoms with Gasteiger partial charge in [-0.2, -0.15) is 0 Å². The van der Waals surface area contributed by atoms with Gasteiger partial charge in [-0.1, -0.05) is 13.0 Å². The molecule has 1 N–H and O–H groups in total. The fraction of sp³-hybridized carbons (Fsp3) is 0.714. The second-order valence-electron chi connectivity index (χ2n) is 6.00. The lowest BCUT2D eigenvalue weighted by Gasteiger charge is -2.24. The standard InChI is InChI=1S/C14H23NO3/c1-6-7-10(2)11(16)14(8-9-14)15-12(17)18-13(3,4)5/h6,10H,1,7-9H2,2-5H3,(H,15,17). The zero-order chi connectivity index (χ0) is 14.0. The fourth-order valence-corrected chi connectivity index (χ4v) is 1.89. The Bertz CT molecular complexity index is 351. The molecule has 102 valence electrons. The van der Waals surface area contributed by atoms with Gasteiger partial charge < -0.3 is 10.1 Å². The Morgan fingerprint density at radius 3 is 2.39 bits per heavy atom. The second-order valence-corrected chi connectivity index (χ2v) is 6.00. The predicted molar refractivity (Wildman–Crippen MR) is 70.3 cm³/mol. The Labute approximate surface area is 109 Å². The highest BCUT2D eigenvalue weighted by Crippen LogP contribution is 2.39. The van der Waals surface area contributed by atoms with Crippen LogP contribution in [0.1, 0.15) is 47.0 Å². The monoisotopic (exact) mass is 253 g/mol. The molecule has 0 spiro atoms. The van der Waals surface area contributed by atoms with Crippen LogP contribution >= 0.6 is 0 Å². The lowest BCUT2D eigenvalue weighted by molar-refractivity contribution is -0.125. The van der Waals surface area contributed by atoms with Crippen LogP contribution in [0.3, 0.4) is 0 Å². The van der Waals surface area contributed by atoms with Gasteiger partial charge in [0.05, 0.1) is 0 Å². The van der Waals surface area contributed by atoms with Crippen LogP contribution in [0.2, 0.25) is 0 Å². The molecule has 1 atom stereocenters. The minimum atomic E-state index is -0.690. The van der Waals surface area contributed by atoms with Gasteiger partial charge in [-0.25, -0.2) is 4.79 Å². The third kappa shape index (κ3) is 3.86. The summed E-state index contributed by atoms with van der Waals surface area (Å²) < 4.78 is 5.18. The van der Waals surface area contributed by atoms with E-state index >= 15 is 0 Å². The zero-order valence-corrected chi connectivity index (χ0v) is 11.7. The van der Waals surface area contributed by atoms with E-state index < -0.39 is 17.2 Å². The minimum Gasteiger partial charge on any atom is -0.444 e. The Morgan fingerprint density at radius 1 is 1.44 bits per heavy atom. The zero-order valence-electron chi connectivity index (χ0n) is 11.7. The van der Waals surface area contributed by atoms with Gasteiger partial charge >= 0.3 is 6.09 Å². The van der Waals surface area contributed by atoms with Gasteiger partial charge in [0.15, 0.2) is 5.78 Å². The molecule has 0 aromatic carbocycles. The lowest BCUT2D eigenvalue weighted by Crippen LogP contribution is -2.47. The lowest BCUT2D eigenvalue weighted by atomic mass is 9.95. The fourth-order valence-electron chi connectivity index (χ4n) is 1.89. The maximum atomic E-state index is 12.2. The summed E-state index contributed by atoms with van der Waals surface area (Å²) in [6, 6.07) is 0. The molecule has 1 fully saturated rings. The molecule has 1 amide bonds. The first-order valence-corrected chi connectivity index (χ1v) is 6.36. The number of ether oxygens (including phenoxy) is 1. The Morgan fingerprint density at radius 2 is 2.00 bits per heavy atom. The number of carbonyl (C=O) groups is 2. The molecular formula is C14H23NO3. The average molecular weight is 253 g/mol. The third-order valence-corrected chi connectivity index (χ3v) is 2.93. The van der Waals surface area contributed by atoms with Crippen LogP contribution in [-0.2, 0) is 9.53 Å². The van der Waals surface area contributed by atoms with Crippen molar-refractivity contribution in [3.63, 3.8) is 0 Å². The van der Waals surface area contributed by atoms with Crippen LogP contribution in [0.25, 0.3) is 0 Å². The van der Waals surface area contributed by atoms with Crippen molar-refractivity contribution in [2.45, 2.75) is 58.1 Å². The van der Waals surface area contributed by atoms with Crippen molar-refractivity contribution >= 4 is 11.9 Å². The first kappa shape index (κ1) is 14.7. The molecule has 1 rings (SSSR count). The number of ketones is 1. The number of hydrogen-bond donors (Lipinski definition) is 1. The van der Waals surface area contributed by atoms with Gasteiger partial charge in [0.1, 0.15) is 11.1 Å². The quantitative estimate of drug-likeness (QED) is 0.766. The van der Waals surface area contributed by atoms with Crippen molar-refractivity contribution in [3.8, 4) is 0 Å². The van der Waals surface area contributed by atoms with Gasteiger partial charge in [0.25, 0.3) is 0 Å². The first-order chi connectivity index (χ1) is 8.20. The molecule has 4 nitrogen and oxygen atoms in total. The van der Waals surface area contributed by atoms with Crippen molar-refractivity contribution in [1.82, 2.24) is 5.32 Å². The highest BCUT2D eigenvalue weighted by atomic mass is 16.6. The molecule has 1 aliphatic carbocycles. The van der Waals surface area contributed by atoms with Crippen molar-refractivity contribution in [2.75, 3.05) is 0 Å². The molecule has 1 saturated carbocycles. The summed E-state index contributed by atoms with van der Waals surface area (Å²) in [4.78, 5) is 23.9. The van der Waals surface area contributed by atoms with Gasteiger partial charge in [-0.05, 0) is 40.0 Å². The van der Waals surface area contributed by atoms with Crippen molar-refractivity contribution in [3.05, 3.63) is 12.7 Å². The molecule has 1 unspecified atom stereocenters.